The molecule has 5 heavy (non-hydrogen) atoms. The van der Waals surface area contributed by atoms with Crippen molar-refractivity contribution in [3.05, 3.63) is 6.92 Å². The zero-order chi connectivity index (χ0) is 3.41. The normalized spacial score (nSPS) is 4.00. The van der Waals surface area contributed by atoms with E-state index in [4.69, 9.17) is 6.42 Å². The van der Waals surface area contributed by atoms with Crippen LogP contribution in [0.15, 0.2) is 0 Å². The monoisotopic (exact) mass is 76.0 g/mol. The Morgan fingerprint density at radius 2 is 2.00 bits per heavy atom. The van der Waals surface area contributed by atoms with Crippen LogP contribution in [-0.2, 0) is 0 Å². The van der Waals surface area contributed by atoms with Crippen molar-refractivity contribution in [2.24, 2.45) is 0 Å². The molecule has 1 heteroatoms. The average Bonchev–Trinajstić information content (AvgIpc) is 1.37. The molecule has 0 aliphatic carbocycles. The van der Waals surface area contributed by atoms with Gasteiger partial charge in [0.2, 0.25) is 0 Å². The number of hydrogen-bond acceptors (Lipinski definition) is 0. The molecule has 0 aliphatic heterocycles. The third kappa shape index (κ3) is 12.3. The second-order valence-electron chi connectivity index (χ2n) is 0.454. The summed E-state index contributed by atoms with van der Waals surface area (Å²) in [7, 11) is 0. The number of hydrogen-bond donors (Lipinski definition) is 0. The first-order valence-electron chi connectivity index (χ1n) is 1.14. The molecule has 22 valence electrons. The second kappa shape index (κ2) is 8.82. The van der Waals surface area contributed by atoms with Crippen LogP contribution in [0.1, 0.15) is 6.42 Å². The molecule has 0 aromatic carbocycles. The molecular weight excluding hydrogens is 71.0 g/mol. The van der Waals surface area contributed by atoms with Gasteiger partial charge in [0.05, 0.1) is 0 Å². The molecule has 0 radical (unpaired) electrons. The van der Waals surface area contributed by atoms with Gasteiger partial charge in [-0.3, -0.25) is 0 Å². The van der Waals surface area contributed by atoms with E-state index in [0.717, 1.165) is 0 Å². The Labute approximate surface area is 55.2 Å². The standard InChI is InChI=1S/C4H5.Na/c1-3-4-2;/h1H,2,4H2;/q-1;+1. The van der Waals surface area contributed by atoms with Crippen molar-refractivity contribution in [1.82, 2.24) is 0 Å². The first-order chi connectivity index (χ1) is 1.91. The van der Waals surface area contributed by atoms with Crippen LogP contribution in [0.3, 0.4) is 0 Å². The molecule has 0 aliphatic rings. The van der Waals surface area contributed by atoms with E-state index in [9.17, 15) is 0 Å². The first kappa shape index (κ1) is 9.12. The van der Waals surface area contributed by atoms with E-state index in [1.807, 2.05) is 0 Å². The van der Waals surface area contributed by atoms with Crippen LogP contribution >= 0.6 is 0 Å². The third-order valence-corrected chi connectivity index (χ3v) is 0.144. The van der Waals surface area contributed by atoms with Gasteiger partial charge in [-0.2, -0.15) is 0 Å². The summed E-state index contributed by atoms with van der Waals surface area (Å²) in [6, 6.07) is 0. The molecule has 0 atom stereocenters. The fourth-order valence-electron chi connectivity index (χ4n) is 0. The molecule has 0 rings (SSSR count). The molecule has 0 amide bonds. The van der Waals surface area contributed by atoms with Crippen LogP contribution in [0.4, 0.5) is 0 Å². The number of terminal acetylenes is 1. The fraction of sp³-hybridized carbons (Fsp3) is 0.250. The van der Waals surface area contributed by atoms with Crippen molar-refractivity contribution in [3.8, 4) is 12.3 Å². The Kier molecular flexibility index (Phi) is 16.1. The minimum Gasteiger partial charge on any atom is -0.332 e. The van der Waals surface area contributed by atoms with Gasteiger partial charge in [0.15, 0.2) is 0 Å². The molecule has 0 fully saturated rings. The Bertz CT molecular complexity index is 33.4. The van der Waals surface area contributed by atoms with Gasteiger partial charge in [0.1, 0.15) is 0 Å². The minimum absolute atomic E-state index is 0. The predicted molar refractivity (Wildman–Crippen MR) is 18.8 cm³/mol. The van der Waals surface area contributed by atoms with Crippen LogP contribution in [0.5, 0.6) is 0 Å². The topological polar surface area (TPSA) is 0 Å². The Morgan fingerprint density at radius 1 is 1.80 bits per heavy atom. The summed E-state index contributed by atoms with van der Waals surface area (Å²) in [5.41, 5.74) is 0. The molecule has 0 nitrogen and oxygen atoms in total. The van der Waals surface area contributed by atoms with Gasteiger partial charge in [-0.1, -0.05) is 0 Å². The third-order valence-electron chi connectivity index (χ3n) is 0.144. The second-order valence-corrected chi connectivity index (χ2v) is 0.454. The van der Waals surface area contributed by atoms with Crippen molar-refractivity contribution in [2.45, 2.75) is 6.42 Å². The van der Waals surface area contributed by atoms with E-state index in [1.54, 1.807) is 0 Å². The van der Waals surface area contributed by atoms with Crippen LogP contribution < -0.4 is 29.6 Å². The average molecular weight is 76.1 g/mol. The molecule has 0 saturated carbocycles. The molecule has 0 heterocycles. The van der Waals surface area contributed by atoms with E-state index in [0.29, 0.717) is 6.42 Å². The molecule has 0 N–H and O–H groups in total. The largest absolute Gasteiger partial charge is 1.00 e. The maximum absolute atomic E-state index is 4.72. The van der Waals surface area contributed by atoms with Crippen LogP contribution in [0.25, 0.3) is 0 Å². The van der Waals surface area contributed by atoms with Crippen molar-refractivity contribution in [2.75, 3.05) is 0 Å². The summed E-state index contributed by atoms with van der Waals surface area (Å²) < 4.78 is 0. The van der Waals surface area contributed by atoms with Gasteiger partial charge in [-0.25, -0.2) is 0 Å². The van der Waals surface area contributed by atoms with E-state index >= 15 is 0 Å². The van der Waals surface area contributed by atoms with Crippen molar-refractivity contribution in [3.63, 3.8) is 0 Å². The maximum atomic E-state index is 4.72. The Morgan fingerprint density at radius 3 is 2.00 bits per heavy atom. The summed E-state index contributed by atoms with van der Waals surface area (Å²) in [6.45, 7) is 3.37. The Balaban J connectivity index is 0. The summed E-state index contributed by atoms with van der Waals surface area (Å²) in [5.74, 6) is 2.32. The van der Waals surface area contributed by atoms with E-state index in [2.05, 4.69) is 12.8 Å². The van der Waals surface area contributed by atoms with Gasteiger partial charge in [0.25, 0.3) is 0 Å². The molecule has 0 saturated heterocycles. The Hall–Kier alpha value is 0.560. The summed E-state index contributed by atoms with van der Waals surface area (Å²) in [4.78, 5) is 0. The zero-order valence-electron chi connectivity index (χ0n) is 3.49. The maximum Gasteiger partial charge on any atom is 1.00 e. The van der Waals surface area contributed by atoms with Crippen LogP contribution in [0, 0.1) is 19.3 Å². The molecule has 0 aromatic heterocycles. The van der Waals surface area contributed by atoms with Crippen LogP contribution in [-0.4, -0.2) is 0 Å². The number of rotatable bonds is 0. The predicted octanol–water partition coefficient (Wildman–Crippen LogP) is -2.15. The van der Waals surface area contributed by atoms with E-state index < -0.39 is 0 Å². The molecule has 0 spiro atoms. The van der Waals surface area contributed by atoms with Gasteiger partial charge in [-0.05, 0) is 0 Å². The summed E-state index contributed by atoms with van der Waals surface area (Å²) in [6.07, 6.45) is 5.31. The molecule has 0 aromatic rings. The first-order valence-corrected chi connectivity index (χ1v) is 1.14. The molecular formula is C4H5Na. The smallest absolute Gasteiger partial charge is 0.332 e. The fourth-order valence-corrected chi connectivity index (χ4v) is 0. The van der Waals surface area contributed by atoms with Gasteiger partial charge in [0, 0.05) is 0 Å². The van der Waals surface area contributed by atoms with Crippen molar-refractivity contribution < 1.29 is 29.6 Å². The van der Waals surface area contributed by atoms with Gasteiger partial charge in [-0.15, -0.1) is 18.8 Å². The minimum atomic E-state index is 0. The van der Waals surface area contributed by atoms with Crippen molar-refractivity contribution in [1.29, 1.82) is 0 Å². The summed E-state index contributed by atoms with van der Waals surface area (Å²) >= 11 is 0. The molecule has 0 bridgehead atoms. The zero-order valence-corrected chi connectivity index (χ0v) is 5.49. The van der Waals surface area contributed by atoms with E-state index in [1.165, 1.54) is 0 Å². The van der Waals surface area contributed by atoms with Gasteiger partial charge < -0.3 is 6.92 Å². The summed E-state index contributed by atoms with van der Waals surface area (Å²) in [5, 5.41) is 0. The molecule has 0 unspecified atom stereocenters. The van der Waals surface area contributed by atoms with Crippen molar-refractivity contribution >= 4 is 0 Å². The quantitative estimate of drug-likeness (QED) is 0.175. The van der Waals surface area contributed by atoms with Gasteiger partial charge >= 0.3 is 29.6 Å². The van der Waals surface area contributed by atoms with E-state index in [-0.39, 0.29) is 29.6 Å². The van der Waals surface area contributed by atoms with Crippen LogP contribution in [0.2, 0.25) is 0 Å². The SMILES string of the molecule is C#CC[CH2-].[Na+].